The predicted molar refractivity (Wildman–Crippen MR) is 107 cm³/mol. The first-order chi connectivity index (χ1) is 13.3. The summed E-state index contributed by atoms with van der Waals surface area (Å²) in [5.74, 6) is 0.442. The Bertz CT molecular complexity index is 1150. The van der Waals surface area contributed by atoms with Gasteiger partial charge >= 0.3 is 6.18 Å². The average molecular weight is 420 g/mol. The Morgan fingerprint density at radius 3 is 2.50 bits per heavy atom. The van der Waals surface area contributed by atoms with Gasteiger partial charge in [0.2, 0.25) is 0 Å². The van der Waals surface area contributed by atoms with Gasteiger partial charge in [-0.3, -0.25) is 0 Å². The number of nitrogens with one attached hydrogen (secondary N) is 1. The first kappa shape index (κ1) is 18.7. The summed E-state index contributed by atoms with van der Waals surface area (Å²) in [4.78, 5) is 9.30. The minimum atomic E-state index is -4.54. The molecule has 2 aromatic heterocycles. The molecule has 0 fully saturated rings. The molecule has 0 radical (unpaired) electrons. The van der Waals surface area contributed by atoms with Crippen LogP contribution in [0.15, 0.2) is 54.2 Å². The molecule has 0 bridgehead atoms. The highest BCUT2D eigenvalue weighted by atomic mass is 35.5. The van der Waals surface area contributed by atoms with E-state index in [1.54, 1.807) is 0 Å². The number of hydrogen-bond donors (Lipinski definition) is 1. The van der Waals surface area contributed by atoms with Gasteiger partial charge in [-0.1, -0.05) is 41.4 Å². The van der Waals surface area contributed by atoms with Gasteiger partial charge in [-0.05, 0) is 30.7 Å². The number of alkyl halides is 3. The van der Waals surface area contributed by atoms with Crippen molar-refractivity contribution in [1.29, 1.82) is 0 Å². The Morgan fingerprint density at radius 1 is 1.04 bits per heavy atom. The topological polar surface area (TPSA) is 37.8 Å². The highest BCUT2D eigenvalue weighted by Gasteiger charge is 2.33. The summed E-state index contributed by atoms with van der Waals surface area (Å²) < 4.78 is 39.5. The number of aryl methyl sites for hydroxylation is 1. The highest BCUT2D eigenvalue weighted by molar-refractivity contribution is 7.17. The maximum absolute atomic E-state index is 13.2. The maximum atomic E-state index is 13.2. The Kier molecular flexibility index (Phi) is 4.72. The summed E-state index contributed by atoms with van der Waals surface area (Å²) in [7, 11) is 0. The lowest BCUT2D eigenvalue weighted by molar-refractivity contribution is -0.137. The molecule has 0 spiro atoms. The van der Waals surface area contributed by atoms with Gasteiger partial charge in [-0.25, -0.2) is 9.97 Å². The molecule has 0 unspecified atom stereocenters. The monoisotopic (exact) mass is 419 g/mol. The maximum Gasteiger partial charge on any atom is 0.417 e. The summed E-state index contributed by atoms with van der Waals surface area (Å²) in [6, 6.07) is 11.7. The standard InChI is InChI=1S/C20H13ClF3N3S/c1-11-2-4-12(5-3-11)14-9-28-19-17(14)18(25-10-26-19)27-13-6-7-16(21)15(8-13)20(22,23)24/h2-10H,1H3,(H,25,26,27). The third-order valence-electron chi connectivity index (χ3n) is 4.27. The van der Waals surface area contributed by atoms with Gasteiger partial charge in [0.05, 0.1) is 16.0 Å². The van der Waals surface area contributed by atoms with E-state index in [-0.39, 0.29) is 10.7 Å². The summed E-state index contributed by atoms with van der Waals surface area (Å²) >= 11 is 7.16. The van der Waals surface area contributed by atoms with Crippen molar-refractivity contribution in [2.24, 2.45) is 0 Å². The number of benzene rings is 2. The molecule has 4 aromatic rings. The number of hydrogen-bond acceptors (Lipinski definition) is 4. The fraction of sp³-hybridized carbons (Fsp3) is 0.100. The van der Waals surface area contributed by atoms with Crippen molar-refractivity contribution in [2.45, 2.75) is 13.1 Å². The molecule has 4 rings (SSSR count). The van der Waals surface area contributed by atoms with Crippen LogP contribution in [0.1, 0.15) is 11.1 Å². The lowest BCUT2D eigenvalue weighted by Gasteiger charge is -2.13. The van der Waals surface area contributed by atoms with Crippen LogP contribution in [0.25, 0.3) is 21.3 Å². The van der Waals surface area contributed by atoms with E-state index < -0.39 is 11.7 Å². The number of fused-ring (bicyclic) bond motifs is 1. The molecular formula is C20H13ClF3N3S. The highest BCUT2D eigenvalue weighted by Crippen LogP contribution is 2.39. The van der Waals surface area contributed by atoms with Gasteiger partial charge in [-0.2, -0.15) is 13.2 Å². The minimum Gasteiger partial charge on any atom is -0.340 e. The molecule has 0 aliphatic rings. The molecule has 2 aromatic carbocycles. The Hall–Kier alpha value is -2.64. The van der Waals surface area contributed by atoms with Crippen LogP contribution >= 0.6 is 22.9 Å². The van der Waals surface area contributed by atoms with E-state index in [1.807, 2.05) is 36.6 Å². The Morgan fingerprint density at radius 2 is 1.79 bits per heavy atom. The molecule has 0 saturated carbocycles. The van der Waals surface area contributed by atoms with Crippen LogP contribution in [0.5, 0.6) is 0 Å². The number of rotatable bonds is 3. The Balaban J connectivity index is 1.80. The SMILES string of the molecule is Cc1ccc(-c2csc3ncnc(Nc4ccc(Cl)c(C(F)(F)F)c4)c23)cc1. The van der Waals surface area contributed by atoms with Crippen LogP contribution in [-0.2, 0) is 6.18 Å². The van der Waals surface area contributed by atoms with E-state index in [0.29, 0.717) is 5.82 Å². The van der Waals surface area contributed by atoms with Gasteiger partial charge < -0.3 is 5.32 Å². The van der Waals surface area contributed by atoms with Gasteiger partial charge in [0, 0.05) is 16.6 Å². The lowest BCUT2D eigenvalue weighted by atomic mass is 10.0. The molecule has 0 saturated heterocycles. The molecule has 142 valence electrons. The van der Waals surface area contributed by atoms with E-state index in [4.69, 9.17) is 11.6 Å². The minimum absolute atomic E-state index is 0.248. The number of aromatic nitrogens is 2. The van der Waals surface area contributed by atoms with Crippen LogP contribution in [0.4, 0.5) is 24.7 Å². The first-order valence-corrected chi connectivity index (χ1v) is 9.52. The molecule has 1 N–H and O–H groups in total. The smallest absolute Gasteiger partial charge is 0.340 e. The average Bonchev–Trinajstić information content (AvgIpc) is 3.08. The van der Waals surface area contributed by atoms with E-state index in [9.17, 15) is 13.2 Å². The summed E-state index contributed by atoms with van der Waals surface area (Å²) in [5.41, 5.74) is 2.40. The molecule has 0 amide bonds. The van der Waals surface area contributed by atoms with Crippen molar-refractivity contribution in [2.75, 3.05) is 5.32 Å². The molecule has 2 heterocycles. The van der Waals surface area contributed by atoms with Crippen LogP contribution < -0.4 is 5.32 Å². The van der Waals surface area contributed by atoms with Gasteiger partial charge in [0.15, 0.2) is 0 Å². The van der Waals surface area contributed by atoms with Crippen LogP contribution in [0.2, 0.25) is 5.02 Å². The molecule has 3 nitrogen and oxygen atoms in total. The van der Waals surface area contributed by atoms with Crippen molar-refractivity contribution in [3.63, 3.8) is 0 Å². The largest absolute Gasteiger partial charge is 0.417 e. The van der Waals surface area contributed by atoms with Gasteiger partial charge in [0.1, 0.15) is 17.0 Å². The Labute approximate surface area is 167 Å². The van der Waals surface area contributed by atoms with E-state index in [1.165, 1.54) is 29.8 Å². The van der Waals surface area contributed by atoms with Gasteiger partial charge in [-0.15, -0.1) is 11.3 Å². The second kappa shape index (κ2) is 7.07. The third kappa shape index (κ3) is 3.55. The van der Waals surface area contributed by atoms with E-state index in [0.717, 1.165) is 33.0 Å². The molecule has 8 heteroatoms. The van der Waals surface area contributed by atoms with Crippen molar-refractivity contribution in [3.05, 3.63) is 70.3 Å². The quantitative estimate of drug-likeness (QED) is 0.385. The number of nitrogens with zero attached hydrogens (tertiary/aromatic N) is 2. The second-order valence-corrected chi connectivity index (χ2v) is 7.50. The molecule has 28 heavy (non-hydrogen) atoms. The fourth-order valence-electron chi connectivity index (χ4n) is 2.87. The third-order valence-corrected chi connectivity index (χ3v) is 5.48. The molecular weight excluding hydrogens is 407 g/mol. The normalized spacial score (nSPS) is 11.8. The zero-order valence-corrected chi connectivity index (χ0v) is 16.1. The molecule has 0 atom stereocenters. The van der Waals surface area contributed by atoms with Crippen LogP contribution in [0, 0.1) is 6.92 Å². The van der Waals surface area contributed by atoms with Crippen LogP contribution in [0.3, 0.4) is 0 Å². The molecule has 0 aliphatic heterocycles. The summed E-state index contributed by atoms with van der Waals surface area (Å²) in [6.07, 6.45) is -3.15. The predicted octanol–water partition coefficient (Wildman–Crippen LogP) is 7.08. The first-order valence-electron chi connectivity index (χ1n) is 8.26. The van der Waals surface area contributed by atoms with Crippen molar-refractivity contribution < 1.29 is 13.2 Å². The zero-order valence-electron chi connectivity index (χ0n) is 14.5. The van der Waals surface area contributed by atoms with Gasteiger partial charge in [0.25, 0.3) is 0 Å². The fourth-order valence-corrected chi connectivity index (χ4v) is 4.01. The van der Waals surface area contributed by atoms with E-state index >= 15 is 0 Å². The number of thiophene rings is 1. The van der Waals surface area contributed by atoms with Crippen molar-refractivity contribution in [1.82, 2.24) is 9.97 Å². The zero-order chi connectivity index (χ0) is 19.9. The van der Waals surface area contributed by atoms with Crippen molar-refractivity contribution >= 4 is 44.7 Å². The lowest BCUT2D eigenvalue weighted by Crippen LogP contribution is -2.06. The number of halogens is 4. The number of anilines is 2. The second-order valence-electron chi connectivity index (χ2n) is 6.24. The van der Waals surface area contributed by atoms with E-state index in [2.05, 4.69) is 15.3 Å². The summed E-state index contributed by atoms with van der Waals surface area (Å²) in [5, 5.41) is 5.38. The van der Waals surface area contributed by atoms with Crippen molar-refractivity contribution in [3.8, 4) is 11.1 Å². The molecule has 0 aliphatic carbocycles. The van der Waals surface area contributed by atoms with Crippen LogP contribution in [-0.4, -0.2) is 9.97 Å². The summed E-state index contributed by atoms with van der Waals surface area (Å²) in [6.45, 7) is 2.00.